The van der Waals surface area contributed by atoms with E-state index in [4.69, 9.17) is 4.98 Å². The molecule has 1 aliphatic heterocycles. The number of nitrogens with one attached hydrogen (secondary N) is 1. The number of hydrogen-bond acceptors (Lipinski definition) is 7. The van der Waals surface area contributed by atoms with Crippen LogP contribution in [0.15, 0.2) is 45.9 Å². The topological polar surface area (TPSA) is 99.8 Å². The van der Waals surface area contributed by atoms with Crippen LogP contribution in [0.1, 0.15) is 12.8 Å². The highest BCUT2D eigenvalue weighted by Gasteiger charge is 2.26. The zero-order chi connectivity index (χ0) is 19.9. The molecule has 0 bridgehead atoms. The Labute approximate surface area is 171 Å². The standard InChI is InChI=1S/C18H20BrN5O3S/c1-28(26,27)14-6-4-12(5-7-14)21-17-9-16(23-8-2-3-13(23)11-25)22-18-15(19)10-20-24(17)18/h4-7,9-10,13,21,25H,2-3,8,11H2,1H3. The number of fused-ring (bicyclic) bond motifs is 1. The van der Waals surface area contributed by atoms with E-state index in [2.05, 4.69) is 31.2 Å². The number of anilines is 3. The molecule has 1 aliphatic rings. The van der Waals surface area contributed by atoms with Gasteiger partial charge in [-0.05, 0) is 53.0 Å². The third-order valence-corrected chi connectivity index (χ3v) is 6.54. The molecule has 1 atom stereocenters. The van der Waals surface area contributed by atoms with Gasteiger partial charge in [0.2, 0.25) is 0 Å². The van der Waals surface area contributed by atoms with E-state index in [1.54, 1.807) is 35.0 Å². The first-order valence-corrected chi connectivity index (χ1v) is 11.5. The van der Waals surface area contributed by atoms with Crippen molar-refractivity contribution in [3.63, 3.8) is 0 Å². The minimum absolute atomic E-state index is 0.0542. The van der Waals surface area contributed by atoms with Crippen LogP contribution in [0.4, 0.5) is 17.3 Å². The lowest BCUT2D eigenvalue weighted by atomic mass is 10.2. The van der Waals surface area contributed by atoms with Crippen molar-refractivity contribution in [3.05, 3.63) is 41.0 Å². The number of sulfone groups is 1. The Morgan fingerprint density at radius 1 is 1.32 bits per heavy atom. The average molecular weight is 466 g/mol. The van der Waals surface area contributed by atoms with E-state index in [0.717, 1.165) is 35.4 Å². The number of nitrogens with zero attached hydrogens (tertiary/aromatic N) is 4. The summed E-state index contributed by atoms with van der Waals surface area (Å²) < 4.78 is 25.8. The monoisotopic (exact) mass is 465 g/mol. The largest absolute Gasteiger partial charge is 0.394 e. The molecule has 1 unspecified atom stereocenters. The van der Waals surface area contributed by atoms with Gasteiger partial charge in [-0.15, -0.1) is 0 Å². The van der Waals surface area contributed by atoms with Gasteiger partial charge in [-0.1, -0.05) is 0 Å². The summed E-state index contributed by atoms with van der Waals surface area (Å²) in [6.45, 7) is 0.922. The van der Waals surface area contributed by atoms with E-state index in [1.807, 2.05) is 6.07 Å². The van der Waals surface area contributed by atoms with E-state index in [9.17, 15) is 13.5 Å². The lowest BCUT2D eigenvalue weighted by molar-refractivity contribution is 0.266. The summed E-state index contributed by atoms with van der Waals surface area (Å²) in [6, 6.07) is 8.51. The second kappa shape index (κ2) is 7.34. The molecule has 1 aromatic carbocycles. The molecule has 148 valence electrons. The predicted molar refractivity (Wildman–Crippen MR) is 111 cm³/mol. The van der Waals surface area contributed by atoms with E-state index in [1.165, 1.54) is 6.26 Å². The van der Waals surface area contributed by atoms with Gasteiger partial charge in [-0.3, -0.25) is 0 Å². The molecule has 2 N–H and O–H groups in total. The van der Waals surface area contributed by atoms with Crippen LogP contribution in [0.5, 0.6) is 0 Å². The van der Waals surface area contributed by atoms with Crippen molar-refractivity contribution in [1.82, 2.24) is 14.6 Å². The van der Waals surface area contributed by atoms with E-state index in [0.29, 0.717) is 11.5 Å². The second-order valence-corrected chi connectivity index (χ2v) is 9.69. The number of hydrogen-bond donors (Lipinski definition) is 2. The van der Waals surface area contributed by atoms with Crippen LogP contribution in [0.25, 0.3) is 5.65 Å². The normalized spacial score (nSPS) is 17.4. The van der Waals surface area contributed by atoms with Crippen molar-refractivity contribution < 1.29 is 13.5 Å². The number of aliphatic hydroxyl groups is 1. The van der Waals surface area contributed by atoms with Crippen LogP contribution >= 0.6 is 15.9 Å². The minimum atomic E-state index is -3.24. The van der Waals surface area contributed by atoms with Crippen LogP contribution in [-0.4, -0.2) is 53.6 Å². The fraction of sp³-hybridized carbons (Fsp3) is 0.333. The highest BCUT2D eigenvalue weighted by molar-refractivity contribution is 9.10. The lowest BCUT2D eigenvalue weighted by Gasteiger charge is -2.25. The fourth-order valence-corrected chi connectivity index (χ4v) is 4.40. The van der Waals surface area contributed by atoms with Gasteiger partial charge in [0.15, 0.2) is 15.5 Å². The van der Waals surface area contributed by atoms with E-state index < -0.39 is 9.84 Å². The zero-order valence-electron chi connectivity index (χ0n) is 15.2. The number of rotatable bonds is 5. The number of benzene rings is 1. The van der Waals surface area contributed by atoms with Gasteiger partial charge < -0.3 is 15.3 Å². The highest BCUT2D eigenvalue weighted by Crippen LogP contribution is 2.30. The summed E-state index contributed by atoms with van der Waals surface area (Å²) in [7, 11) is -3.24. The third-order valence-electron chi connectivity index (χ3n) is 4.85. The first-order chi connectivity index (χ1) is 13.4. The van der Waals surface area contributed by atoms with Gasteiger partial charge in [0.05, 0.1) is 28.2 Å². The van der Waals surface area contributed by atoms with E-state index in [-0.39, 0.29) is 17.5 Å². The highest BCUT2D eigenvalue weighted by atomic mass is 79.9. The molecule has 3 heterocycles. The molecule has 1 fully saturated rings. The summed E-state index contributed by atoms with van der Waals surface area (Å²) in [6.07, 6.45) is 4.80. The average Bonchev–Trinajstić information content (AvgIpc) is 3.28. The molecular weight excluding hydrogens is 446 g/mol. The van der Waals surface area contributed by atoms with Crippen molar-refractivity contribution in [2.45, 2.75) is 23.8 Å². The maximum absolute atomic E-state index is 11.7. The molecule has 0 spiro atoms. The Morgan fingerprint density at radius 3 is 2.75 bits per heavy atom. The maximum Gasteiger partial charge on any atom is 0.175 e. The first-order valence-electron chi connectivity index (χ1n) is 8.86. The summed E-state index contributed by atoms with van der Waals surface area (Å²) in [5.74, 6) is 1.46. The minimum Gasteiger partial charge on any atom is -0.394 e. The van der Waals surface area contributed by atoms with Crippen molar-refractivity contribution in [2.75, 3.05) is 29.6 Å². The maximum atomic E-state index is 11.7. The molecule has 4 rings (SSSR count). The Bertz CT molecular complexity index is 1110. The SMILES string of the molecule is CS(=O)(=O)c1ccc(Nc2cc(N3CCCC3CO)nc3c(Br)cnn23)cc1. The van der Waals surface area contributed by atoms with Crippen molar-refractivity contribution in [3.8, 4) is 0 Å². The molecule has 8 nitrogen and oxygen atoms in total. The van der Waals surface area contributed by atoms with Gasteiger partial charge in [0.1, 0.15) is 11.6 Å². The summed E-state index contributed by atoms with van der Waals surface area (Å²) in [5.41, 5.74) is 1.40. The quantitative estimate of drug-likeness (QED) is 0.596. The van der Waals surface area contributed by atoms with Gasteiger partial charge in [-0.2, -0.15) is 9.61 Å². The van der Waals surface area contributed by atoms with Crippen LogP contribution in [0.3, 0.4) is 0 Å². The molecule has 2 aromatic heterocycles. The molecule has 0 aliphatic carbocycles. The molecule has 1 saturated heterocycles. The molecule has 0 radical (unpaired) electrons. The summed E-state index contributed by atoms with van der Waals surface area (Å²) >= 11 is 3.48. The summed E-state index contributed by atoms with van der Waals surface area (Å²) in [4.78, 5) is 7.09. The smallest absolute Gasteiger partial charge is 0.175 e. The Balaban J connectivity index is 1.73. The molecule has 28 heavy (non-hydrogen) atoms. The van der Waals surface area contributed by atoms with Crippen LogP contribution in [-0.2, 0) is 9.84 Å². The lowest BCUT2D eigenvalue weighted by Crippen LogP contribution is -2.32. The third kappa shape index (κ3) is 3.59. The van der Waals surface area contributed by atoms with Gasteiger partial charge in [0.25, 0.3) is 0 Å². The fourth-order valence-electron chi connectivity index (χ4n) is 3.42. The molecule has 3 aromatic rings. The van der Waals surface area contributed by atoms with Crippen molar-refractivity contribution in [2.24, 2.45) is 0 Å². The Kier molecular flexibility index (Phi) is 5.02. The Hall–Kier alpha value is -2.17. The Morgan fingerprint density at radius 2 is 2.07 bits per heavy atom. The zero-order valence-corrected chi connectivity index (χ0v) is 17.6. The molecule has 0 saturated carbocycles. The first kappa shape index (κ1) is 19.2. The predicted octanol–water partition coefficient (Wildman–Crippen LogP) is 2.60. The van der Waals surface area contributed by atoms with Crippen LogP contribution in [0, 0.1) is 0 Å². The van der Waals surface area contributed by atoms with E-state index >= 15 is 0 Å². The number of aliphatic hydroxyl groups excluding tert-OH is 1. The van der Waals surface area contributed by atoms with Crippen molar-refractivity contribution >= 4 is 48.7 Å². The van der Waals surface area contributed by atoms with Crippen LogP contribution in [0.2, 0.25) is 0 Å². The molecular formula is C18H20BrN5O3S. The van der Waals surface area contributed by atoms with Crippen LogP contribution < -0.4 is 10.2 Å². The number of halogens is 1. The van der Waals surface area contributed by atoms with Crippen molar-refractivity contribution in [1.29, 1.82) is 0 Å². The second-order valence-electron chi connectivity index (χ2n) is 6.82. The molecule has 0 amide bonds. The van der Waals surface area contributed by atoms with Gasteiger partial charge in [-0.25, -0.2) is 13.4 Å². The molecule has 10 heteroatoms. The number of aromatic nitrogens is 3. The van der Waals surface area contributed by atoms with Gasteiger partial charge >= 0.3 is 0 Å². The summed E-state index contributed by atoms with van der Waals surface area (Å²) in [5, 5.41) is 17.3. The van der Waals surface area contributed by atoms with Gasteiger partial charge in [0, 0.05) is 24.6 Å².